The molecule has 28 heavy (non-hydrogen) atoms. The molecule has 2 saturated heterocycles. The highest BCUT2D eigenvalue weighted by atomic mass is 19.4. The fourth-order valence-corrected chi connectivity index (χ4v) is 4.20. The number of halogens is 6. The maximum Gasteiger partial charge on any atom is 0.393 e. The first-order valence-electron chi connectivity index (χ1n) is 9.77. The molecule has 0 amide bonds. The van der Waals surface area contributed by atoms with Gasteiger partial charge in [-0.2, -0.15) is 26.3 Å². The van der Waals surface area contributed by atoms with Crippen LogP contribution < -0.4 is 0 Å². The summed E-state index contributed by atoms with van der Waals surface area (Å²) < 4.78 is 77.6. The molecular weight excluding hydrogens is 382 g/mol. The molecule has 2 fully saturated rings. The standard InChI is InChI=1S/C20H26F6N2/c21-19(22,23)17-3-1-9-27(13-17)11-15-5-7-16(8-6-15)12-28-10-2-4-18(14-28)20(24,25)26/h5-8,17-18H,1-4,9-14H2/t17-,18-/m0/s1. The van der Waals surface area contributed by atoms with E-state index in [4.69, 9.17) is 0 Å². The Morgan fingerprint density at radius 2 is 1.04 bits per heavy atom. The van der Waals surface area contributed by atoms with Crippen molar-refractivity contribution in [2.24, 2.45) is 11.8 Å². The molecule has 2 heterocycles. The molecule has 158 valence electrons. The highest BCUT2D eigenvalue weighted by Crippen LogP contribution is 2.34. The van der Waals surface area contributed by atoms with E-state index in [0.29, 0.717) is 39.0 Å². The first-order valence-corrected chi connectivity index (χ1v) is 9.77. The molecule has 2 atom stereocenters. The zero-order chi connectivity index (χ0) is 20.4. The number of hydrogen-bond donors (Lipinski definition) is 0. The average molecular weight is 408 g/mol. The van der Waals surface area contributed by atoms with Crippen molar-refractivity contribution in [3.63, 3.8) is 0 Å². The summed E-state index contributed by atoms with van der Waals surface area (Å²) in [6.45, 7) is 2.29. The summed E-state index contributed by atoms with van der Waals surface area (Å²) >= 11 is 0. The smallest absolute Gasteiger partial charge is 0.298 e. The Balaban J connectivity index is 1.52. The van der Waals surface area contributed by atoms with Gasteiger partial charge in [0.05, 0.1) is 11.8 Å². The van der Waals surface area contributed by atoms with Crippen LogP contribution in [0.25, 0.3) is 0 Å². The molecule has 2 aliphatic heterocycles. The molecule has 1 aromatic rings. The molecule has 0 bridgehead atoms. The van der Waals surface area contributed by atoms with Gasteiger partial charge >= 0.3 is 12.4 Å². The van der Waals surface area contributed by atoms with Gasteiger partial charge in [-0.25, -0.2) is 0 Å². The predicted octanol–water partition coefficient (Wildman–Crippen LogP) is 5.24. The number of alkyl halides is 6. The van der Waals surface area contributed by atoms with Gasteiger partial charge in [-0.1, -0.05) is 24.3 Å². The molecule has 0 radical (unpaired) electrons. The molecule has 0 N–H and O–H groups in total. The Morgan fingerprint density at radius 1 is 0.679 bits per heavy atom. The van der Waals surface area contributed by atoms with Crippen molar-refractivity contribution in [1.29, 1.82) is 0 Å². The van der Waals surface area contributed by atoms with Crippen LogP contribution in [0.4, 0.5) is 26.3 Å². The van der Waals surface area contributed by atoms with Crippen molar-refractivity contribution in [2.75, 3.05) is 26.2 Å². The number of likely N-dealkylation sites (tertiary alicyclic amines) is 2. The highest BCUT2D eigenvalue weighted by Gasteiger charge is 2.42. The predicted molar refractivity (Wildman–Crippen MR) is 94.6 cm³/mol. The van der Waals surface area contributed by atoms with E-state index in [-0.39, 0.29) is 25.9 Å². The van der Waals surface area contributed by atoms with Crippen LogP contribution in [0.1, 0.15) is 36.8 Å². The zero-order valence-electron chi connectivity index (χ0n) is 15.7. The summed E-state index contributed by atoms with van der Waals surface area (Å²) in [6, 6.07) is 7.49. The van der Waals surface area contributed by atoms with Gasteiger partial charge < -0.3 is 0 Å². The third-order valence-electron chi connectivity index (χ3n) is 5.77. The fourth-order valence-electron chi connectivity index (χ4n) is 4.20. The van der Waals surface area contributed by atoms with Crippen LogP contribution in [0.15, 0.2) is 24.3 Å². The van der Waals surface area contributed by atoms with Gasteiger partial charge in [0.25, 0.3) is 0 Å². The Labute approximate surface area is 161 Å². The average Bonchev–Trinajstić information content (AvgIpc) is 2.62. The minimum atomic E-state index is -4.15. The molecule has 0 aromatic heterocycles. The maximum absolute atomic E-state index is 12.9. The van der Waals surface area contributed by atoms with Crippen LogP contribution in [-0.2, 0) is 13.1 Å². The molecule has 0 saturated carbocycles. The molecular formula is C20H26F6N2. The summed E-state index contributed by atoms with van der Waals surface area (Å²) in [5, 5.41) is 0. The van der Waals surface area contributed by atoms with Crippen LogP contribution in [0.2, 0.25) is 0 Å². The molecule has 8 heteroatoms. The van der Waals surface area contributed by atoms with Gasteiger partial charge in [-0.15, -0.1) is 0 Å². The van der Waals surface area contributed by atoms with Gasteiger partial charge in [0.15, 0.2) is 0 Å². The van der Waals surface area contributed by atoms with Crippen LogP contribution >= 0.6 is 0 Å². The van der Waals surface area contributed by atoms with E-state index in [9.17, 15) is 26.3 Å². The zero-order valence-corrected chi connectivity index (χ0v) is 15.7. The molecule has 2 nitrogen and oxygen atoms in total. The third kappa shape index (κ3) is 5.86. The summed E-state index contributed by atoms with van der Waals surface area (Å²) in [5.74, 6) is -2.53. The number of benzene rings is 1. The van der Waals surface area contributed by atoms with E-state index in [1.54, 1.807) is 0 Å². The minimum absolute atomic E-state index is 0.0257. The molecule has 0 unspecified atom stereocenters. The Morgan fingerprint density at radius 3 is 1.36 bits per heavy atom. The Hall–Kier alpha value is -1.28. The third-order valence-corrected chi connectivity index (χ3v) is 5.77. The molecule has 1 aromatic carbocycles. The largest absolute Gasteiger partial charge is 0.393 e. The summed E-state index contributed by atoms with van der Waals surface area (Å²) in [7, 11) is 0. The summed E-state index contributed by atoms with van der Waals surface area (Å²) in [4.78, 5) is 3.66. The molecule has 0 aliphatic carbocycles. The van der Waals surface area contributed by atoms with Gasteiger partial charge in [0, 0.05) is 26.2 Å². The first kappa shape index (κ1) is 21.4. The Bertz CT molecular complexity index is 570. The SMILES string of the molecule is FC(F)(F)[C@H]1CCCN(Cc2ccc(CN3CCC[C@H](C(F)(F)F)C3)cc2)C1. The van der Waals surface area contributed by atoms with Crippen molar-refractivity contribution in [3.8, 4) is 0 Å². The quantitative estimate of drug-likeness (QED) is 0.629. The van der Waals surface area contributed by atoms with Crippen LogP contribution in [-0.4, -0.2) is 48.3 Å². The van der Waals surface area contributed by atoms with Crippen molar-refractivity contribution >= 4 is 0 Å². The number of rotatable bonds is 4. The normalized spacial score (nSPS) is 25.8. The van der Waals surface area contributed by atoms with Gasteiger partial charge in [-0.05, 0) is 49.9 Å². The number of hydrogen-bond acceptors (Lipinski definition) is 2. The highest BCUT2D eigenvalue weighted by molar-refractivity contribution is 5.22. The van der Waals surface area contributed by atoms with E-state index in [2.05, 4.69) is 0 Å². The van der Waals surface area contributed by atoms with Gasteiger partial charge in [-0.3, -0.25) is 9.80 Å². The monoisotopic (exact) mass is 408 g/mol. The van der Waals surface area contributed by atoms with E-state index < -0.39 is 24.2 Å². The lowest BCUT2D eigenvalue weighted by atomic mass is 9.96. The molecule has 3 rings (SSSR count). The summed E-state index contributed by atoms with van der Waals surface area (Å²) in [5.41, 5.74) is 1.86. The Kier molecular flexibility index (Phi) is 6.59. The lowest BCUT2D eigenvalue weighted by Gasteiger charge is -2.34. The van der Waals surface area contributed by atoms with Gasteiger partial charge in [0.2, 0.25) is 0 Å². The van der Waals surface area contributed by atoms with Crippen molar-refractivity contribution in [1.82, 2.24) is 9.80 Å². The topological polar surface area (TPSA) is 6.48 Å². The maximum atomic E-state index is 12.9. The van der Waals surface area contributed by atoms with Gasteiger partial charge in [0.1, 0.15) is 0 Å². The number of piperidine rings is 2. The minimum Gasteiger partial charge on any atom is -0.298 e. The van der Waals surface area contributed by atoms with Crippen molar-refractivity contribution in [2.45, 2.75) is 51.1 Å². The second kappa shape index (κ2) is 8.61. The molecule has 2 aliphatic rings. The van der Waals surface area contributed by atoms with E-state index in [0.717, 1.165) is 11.1 Å². The van der Waals surface area contributed by atoms with Crippen molar-refractivity contribution in [3.05, 3.63) is 35.4 Å². The second-order valence-corrected chi connectivity index (χ2v) is 8.05. The van der Waals surface area contributed by atoms with E-state index in [1.807, 2.05) is 34.1 Å². The van der Waals surface area contributed by atoms with Crippen molar-refractivity contribution < 1.29 is 26.3 Å². The van der Waals surface area contributed by atoms with E-state index >= 15 is 0 Å². The second-order valence-electron chi connectivity index (χ2n) is 8.05. The van der Waals surface area contributed by atoms with Crippen LogP contribution in [0.5, 0.6) is 0 Å². The molecule has 0 spiro atoms. The van der Waals surface area contributed by atoms with Crippen LogP contribution in [0.3, 0.4) is 0 Å². The number of nitrogens with zero attached hydrogens (tertiary/aromatic N) is 2. The fraction of sp³-hybridized carbons (Fsp3) is 0.700. The summed E-state index contributed by atoms with van der Waals surface area (Å²) in [6.07, 6.45) is -6.84. The van der Waals surface area contributed by atoms with E-state index in [1.165, 1.54) is 0 Å². The lowest BCUT2D eigenvalue weighted by molar-refractivity contribution is -0.187. The first-order chi connectivity index (χ1) is 13.1. The van der Waals surface area contributed by atoms with Crippen LogP contribution in [0, 0.1) is 11.8 Å². The lowest BCUT2D eigenvalue weighted by Crippen LogP contribution is -2.41.